The molecule has 0 saturated carbocycles. The molecule has 14 heavy (non-hydrogen) atoms. The summed E-state index contributed by atoms with van der Waals surface area (Å²) in [6.07, 6.45) is 2.96. The standard InChI is InChI=1S/C7H12ClN3O2S/c1-2-11-5-7(9-6-11)14(12,13)10-4-3-8/h5-6,10H,2-4H2,1H3. The molecule has 7 heteroatoms. The van der Waals surface area contributed by atoms with Crippen molar-refractivity contribution in [3.8, 4) is 0 Å². The fourth-order valence-electron chi connectivity index (χ4n) is 0.898. The molecule has 1 heterocycles. The van der Waals surface area contributed by atoms with Gasteiger partial charge in [-0.3, -0.25) is 0 Å². The van der Waals surface area contributed by atoms with E-state index >= 15 is 0 Å². The average molecular weight is 238 g/mol. The molecule has 1 aromatic heterocycles. The maximum Gasteiger partial charge on any atom is 0.259 e. The summed E-state index contributed by atoms with van der Waals surface area (Å²) in [5.41, 5.74) is 0. The summed E-state index contributed by atoms with van der Waals surface area (Å²) >= 11 is 5.37. The normalized spacial score (nSPS) is 11.9. The zero-order valence-electron chi connectivity index (χ0n) is 7.77. The molecule has 0 aliphatic heterocycles. The molecule has 0 aliphatic rings. The topological polar surface area (TPSA) is 64.0 Å². The molecule has 1 aromatic rings. The molecule has 0 saturated heterocycles. The van der Waals surface area contributed by atoms with Crippen LogP contribution in [0, 0.1) is 0 Å². The molecule has 0 aliphatic carbocycles. The van der Waals surface area contributed by atoms with Gasteiger partial charge in [-0.2, -0.15) is 0 Å². The lowest BCUT2D eigenvalue weighted by Crippen LogP contribution is -2.25. The van der Waals surface area contributed by atoms with Gasteiger partial charge in [0.1, 0.15) is 0 Å². The number of hydrogen-bond acceptors (Lipinski definition) is 3. The van der Waals surface area contributed by atoms with Crippen molar-refractivity contribution in [1.29, 1.82) is 0 Å². The average Bonchev–Trinajstić information content (AvgIpc) is 2.63. The van der Waals surface area contributed by atoms with Crippen molar-refractivity contribution in [3.63, 3.8) is 0 Å². The van der Waals surface area contributed by atoms with Crippen LogP contribution in [0.15, 0.2) is 17.6 Å². The first kappa shape index (κ1) is 11.5. The lowest BCUT2D eigenvalue weighted by atomic mass is 10.7. The number of halogens is 1. The van der Waals surface area contributed by atoms with Crippen molar-refractivity contribution in [2.24, 2.45) is 0 Å². The lowest BCUT2D eigenvalue weighted by Gasteiger charge is -2.00. The van der Waals surface area contributed by atoms with Crippen molar-refractivity contribution >= 4 is 21.6 Å². The van der Waals surface area contributed by atoms with Gasteiger partial charge in [-0.15, -0.1) is 11.6 Å². The van der Waals surface area contributed by atoms with Gasteiger partial charge in [0, 0.05) is 25.2 Å². The van der Waals surface area contributed by atoms with Crippen molar-refractivity contribution in [2.45, 2.75) is 18.5 Å². The zero-order chi connectivity index (χ0) is 10.6. The molecule has 1 rings (SSSR count). The van der Waals surface area contributed by atoms with Crippen LogP contribution in [0.1, 0.15) is 6.92 Å². The van der Waals surface area contributed by atoms with Gasteiger partial charge < -0.3 is 4.57 Å². The summed E-state index contributed by atoms with van der Waals surface area (Å²) in [7, 11) is -3.48. The van der Waals surface area contributed by atoms with Crippen LogP contribution in [0.2, 0.25) is 0 Å². The third-order valence-electron chi connectivity index (χ3n) is 1.64. The third kappa shape index (κ3) is 2.70. The Morgan fingerprint density at radius 2 is 2.36 bits per heavy atom. The predicted molar refractivity (Wildman–Crippen MR) is 53.8 cm³/mol. The van der Waals surface area contributed by atoms with Gasteiger partial charge in [-0.25, -0.2) is 18.1 Å². The number of imidazole rings is 1. The maximum absolute atomic E-state index is 11.5. The fraction of sp³-hybridized carbons (Fsp3) is 0.571. The Hall–Kier alpha value is -0.590. The van der Waals surface area contributed by atoms with Crippen LogP contribution in [-0.4, -0.2) is 30.4 Å². The zero-order valence-corrected chi connectivity index (χ0v) is 9.35. The van der Waals surface area contributed by atoms with E-state index in [-0.39, 0.29) is 17.5 Å². The first-order chi connectivity index (χ1) is 6.60. The van der Waals surface area contributed by atoms with Gasteiger partial charge in [-0.1, -0.05) is 0 Å². The summed E-state index contributed by atoms with van der Waals surface area (Å²) in [5.74, 6) is 0.244. The number of aryl methyl sites for hydroxylation is 1. The highest BCUT2D eigenvalue weighted by Gasteiger charge is 2.15. The molecule has 0 amide bonds. The van der Waals surface area contributed by atoms with Crippen LogP contribution in [0.5, 0.6) is 0 Å². The van der Waals surface area contributed by atoms with Crippen LogP contribution < -0.4 is 4.72 Å². The molecule has 0 bridgehead atoms. The predicted octanol–water partition coefficient (Wildman–Crippen LogP) is 0.420. The Balaban J connectivity index is 2.81. The summed E-state index contributed by atoms with van der Waals surface area (Å²) in [5, 5.41) is 0.0319. The van der Waals surface area contributed by atoms with Crippen molar-refractivity contribution in [1.82, 2.24) is 14.3 Å². The van der Waals surface area contributed by atoms with Crippen molar-refractivity contribution < 1.29 is 8.42 Å². The fourth-order valence-corrected chi connectivity index (χ4v) is 2.08. The molecule has 0 aromatic carbocycles. The molecule has 0 spiro atoms. The number of sulfonamides is 1. The molecule has 0 fully saturated rings. The second-order valence-electron chi connectivity index (χ2n) is 2.63. The van der Waals surface area contributed by atoms with Crippen LogP contribution in [0.3, 0.4) is 0 Å². The quantitative estimate of drug-likeness (QED) is 0.755. The Morgan fingerprint density at radius 3 is 2.86 bits per heavy atom. The minimum absolute atomic E-state index is 0.0319. The van der Waals surface area contributed by atoms with E-state index in [1.807, 2.05) is 6.92 Å². The van der Waals surface area contributed by atoms with Crippen LogP contribution in [-0.2, 0) is 16.6 Å². The maximum atomic E-state index is 11.5. The van der Waals surface area contributed by atoms with Crippen LogP contribution in [0.4, 0.5) is 0 Å². The molecular formula is C7H12ClN3O2S. The Labute approximate surface area is 88.1 Å². The third-order valence-corrected chi connectivity index (χ3v) is 3.17. The highest BCUT2D eigenvalue weighted by atomic mass is 35.5. The van der Waals surface area contributed by atoms with Crippen LogP contribution >= 0.6 is 11.6 Å². The molecule has 1 N–H and O–H groups in total. The van der Waals surface area contributed by atoms with E-state index in [4.69, 9.17) is 11.6 Å². The molecule has 5 nitrogen and oxygen atoms in total. The number of nitrogens with one attached hydrogen (secondary N) is 1. The SMILES string of the molecule is CCn1cnc(S(=O)(=O)NCCCl)c1. The summed E-state index contributed by atoms with van der Waals surface area (Å²) < 4.78 is 27.0. The monoisotopic (exact) mass is 237 g/mol. The number of nitrogens with zero attached hydrogens (tertiary/aromatic N) is 2. The molecule has 80 valence electrons. The number of hydrogen-bond donors (Lipinski definition) is 1. The first-order valence-corrected chi connectivity index (χ1v) is 6.19. The van der Waals surface area contributed by atoms with Gasteiger partial charge in [0.05, 0.1) is 6.33 Å². The minimum atomic E-state index is -3.48. The van der Waals surface area contributed by atoms with Gasteiger partial charge >= 0.3 is 0 Å². The molecule has 0 radical (unpaired) electrons. The molecule has 0 unspecified atom stereocenters. The van der Waals surface area contributed by atoms with Crippen molar-refractivity contribution in [3.05, 3.63) is 12.5 Å². The smallest absolute Gasteiger partial charge is 0.259 e. The number of alkyl halides is 1. The second kappa shape index (κ2) is 4.77. The molecule has 0 atom stereocenters. The Kier molecular flexibility index (Phi) is 3.91. The summed E-state index contributed by atoms with van der Waals surface area (Å²) in [6, 6.07) is 0. The second-order valence-corrected chi connectivity index (χ2v) is 4.72. The van der Waals surface area contributed by atoms with Crippen LogP contribution in [0.25, 0.3) is 0 Å². The number of aromatic nitrogens is 2. The summed E-state index contributed by atoms with van der Waals surface area (Å²) in [6.45, 7) is 2.81. The Bertz CT molecular complexity index is 387. The van der Waals surface area contributed by atoms with E-state index < -0.39 is 10.0 Å². The van der Waals surface area contributed by atoms with E-state index in [0.29, 0.717) is 6.54 Å². The number of rotatable bonds is 5. The highest BCUT2D eigenvalue weighted by Crippen LogP contribution is 2.04. The van der Waals surface area contributed by atoms with E-state index in [9.17, 15) is 8.42 Å². The van der Waals surface area contributed by atoms with Gasteiger partial charge in [0.25, 0.3) is 10.0 Å². The largest absolute Gasteiger partial charge is 0.336 e. The molecular weight excluding hydrogens is 226 g/mol. The van der Waals surface area contributed by atoms with Gasteiger partial charge in [-0.05, 0) is 6.92 Å². The van der Waals surface area contributed by atoms with Gasteiger partial charge in [0.15, 0.2) is 5.03 Å². The van der Waals surface area contributed by atoms with E-state index in [2.05, 4.69) is 9.71 Å². The highest BCUT2D eigenvalue weighted by molar-refractivity contribution is 7.89. The Morgan fingerprint density at radius 1 is 1.64 bits per heavy atom. The first-order valence-electron chi connectivity index (χ1n) is 4.17. The lowest BCUT2D eigenvalue weighted by molar-refractivity contribution is 0.580. The van der Waals surface area contributed by atoms with E-state index in [0.717, 1.165) is 0 Å². The van der Waals surface area contributed by atoms with E-state index in [1.54, 1.807) is 4.57 Å². The van der Waals surface area contributed by atoms with Crippen molar-refractivity contribution in [2.75, 3.05) is 12.4 Å². The van der Waals surface area contributed by atoms with Gasteiger partial charge in [0.2, 0.25) is 0 Å². The minimum Gasteiger partial charge on any atom is -0.336 e. The summed E-state index contributed by atoms with van der Waals surface area (Å²) in [4.78, 5) is 3.78. The van der Waals surface area contributed by atoms with E-state index in [1.165, 1.54) is 12.5 Å².